The Morgan fingerprint density at radius 2 is 0.737 bits per heavy atom. The molecule has 6 aromatic heterocycles. The van der Waals surface area contributed by atoms with E-state index in [9.17, 15) is 29.7 Å². The van der Waals surface area contributed by atoms with E-state index in [2.05, 4.69) is 113 Å². The number of carbonyl (C=O) groups is 3. The Morgan fingerprint density at radius 1 is 0.421 bits per heavy atom. The van der Waals surface area contributed by atoms with E-state index in [1.54, 1.807) is 0 Å². The molecule has 7 fully saturated rings. The molecule has 2 atom stereocenters. The van der Waals surface area contributed by atoms with Crippen molar-refractivity contribution in [1.82, 2.24) is 58.3 Å². The number of nitrogens with zero attached hydrogens (tertiary/aromatic N) is 12. The zero-order valence-corrected chi connectivity index (χ0v) is 69.6. The highest BCUT2D eigenvalue weighted by atomic mass is 16.3. The molecule has 6 N–H and O–H groups in total. The molecule has 7 aliphatic rings. The number of aliphatic hydroxyl groups excluding tert-OH is 3. The van der Waals surface area contributed by atoms with Crippen molar-refractivity contribution in [2.75, 3.05) is 68.3 Å². The maximum absolute atomic E-state index is 13.3. The lowest BCUT2D eigenvalue weighted by Gasteiger charge is -2.32. The van der Waals surface area contributed by atoms with Crippen LogP contribution in [0.3, 0.4) is 0 Å². The number of amides is 3. The first-order valence-electron chi connectivity index (χ1n) is 43.7. The molecule has 114 heavy (non-hydrogen) atoms. The van der Waals surface area contributed by atoms with E-state index >= 15 is 0 Å². The van der Waals surface area contributed by atoms with Gasteiger partial charge < -0.3 is 59.7 Å². The lowest BCUT2D eigenvalue weighted by atomic mass is 9.89. The van der Waals surface area contributed by atoms with Crippen molar-refractivity contribution in [3.63, 3.8) is 0 Å². The standard InChI is InChI=1S/C32H45N5O2.C31H41N5O2.C30H41N5O2/c1-5-23(6-2)18-33-32-34-19-28-29(20-37(30(28)35-32)26-7-9-27(38)10-8-26)24-11-13-36(14-12-24)31(39)25-16-21(3)15-22(4)17-25;1-4-21-16-28(21)33-31-32-17-26-27(18-36(29(26)34-31)24-5-7-25(37)8-6-24)22-9-11-35(12-10-22)30(38)23-14-19(2)13-20(3)15-23;1-4-5-12-31-30-32-18-26-27(19-35(28(26)33-30)24-6-8-25(36)9-7-24)22-10-13-34(14-11-22)29(37)23-16-20(2)15-21(3)17-23/h15-17,19-20,23-24,26-27,38H,5-14,18H2,1-4H3,(H,33,34,35);13-15,17-18,21-22,24-25,28,37H,4-12,16H2,1-3H3,(H,32,33,34);15-19,22,24-25,36H,4-14H2,1-3H3,(H,31,32,33)/t;21-,24?,25?,28-;/m.0./s1. The summed E-state index contributed by atoms with van der Waals surface area (Å²) in [4.78, 5) is 75.0. The first kappa shape index (κ1) is 81.8. The summed E-state index contributed by atoms with van der Waals surface area (Å²) in [5.41, 5.74) is 16.1. The van der Waals surface area contributed by atoms with Crippen molar-refractivity contribution in [3.8, 4) is 0 Å². The molecule has 0 radical (unpaired) electrons. The summed E-state index contributed by atoms with van der Waals surface area (Å²) in [5.74, 6) is 5.02. The van der Waals surface area contributed by atoms with Gasteiger partial charge in [-0.3, -0.25) is 14.4 Å². The molecule has 3 saturated heterocycles. The van der Waals surface area contributed by atoms with Gasteiger partial charge in [-0.15, -0.1) is 0 Å². The highest BCUT2D eigenvalue weighted by Crippen LogP contribution is 2.44. The summed E-state index contributed by atoms with van der Waals surface area (Å²) in [5, 5.41) is 44.1. The zero-order valence-electron chi connectivity index (χ0n) is 69.6. The van der Waals surface area contributed by atoms with Gasteiger partial charge in [0.25, 0.3) is 17.7 Å². The minimum absolute atomic E-state index is 0.138. The summed E-state index contributed by atoms with van der Waals surface area (Å²) in [6, 6.07) is 19.9. The van der Waals surface area contributed by atoms with Gasteiger partial charge in [0, 0.05) is 147 Å². The van der Waals surface area contributed by atoms with E-state index in [0.29, 0.717) is 59.7 Å². The van der Waals surface area contributed by atoms with Crippen LogP contribution in [0.1, 0.15) is 299 Å². The van der Waals surface area contributed by atoms with Gasteiger partial charge in [-0.05, 0) is 253 Å². The smallest absolute Gasteiger partial charge is 0.253 e. The van der Waals surface area contributed by atoms with Crippen molar-refractivity contribution in [2.45, 2.75) is 284 Å². The van der Waals surface area contributed by atoms with Crippen LogP contribution in [0.2, 0.25) is 0 Å². The third-order valence-corrected chi connectivity index (χ3v) is 26.3. The zero-order chi connectivity index (χ0) is 79.8. The second-order valence-corrected chi connectivity index (χ2v) is 35.0. The van der Waals surface area contributed by atoms with E-state index in [-0.39, 0.29) is 36.0 Å². The lowest BCUT2D eigenvalue weighted by Crippen LogP contribution is -2.38. The molecule has 3 amide bonds. The number of rotatable bonds is 21. The average molecular weight is 1550 g/mol. The van der Waals surface area contributed by atoms with Crippen LogP contribution >= 0.6 is 0 Å². The Morgan fingerprint density at radius 3 is 1.04 bits per heavy atom. The molecule has 21 heteroatoms. The maximum atomic E-state index is 13.3. The SMILES string of the molecule is CCC(CC)CNc1ncc2c(C3CCN(C(=O)c4cc(C)cc(C)c4)CC3)cn(C3CCC(O)CC3)c2n1.CCCCNc1ncc2c(C3CCN(C(=O)c4cc(C)cc(C)c4)CC3)cn(C3CCC(O)CC3)c2n1.CC[C@H]1C[C@@H]1Nc1ncc2c(C3CCN(C(=O)c4cc(C)cc(C)c4)CC3)cn(C3CCC(O)CC3)c2n1. The van der Waals surface area contributed by atoms with Gasteiger partial charge in [-0.2, -0.15) is 15.0 Å². The number of fused-ring (bicyclic) bond motifs is 3. The highest BCUT2D eigenvalue weighted by molar-refractivity contribution is 5.96. The minimum Gasteiger partial charge on any atom is -0.393 e. The number of unbranched alkanes of at least 4 members (excludes halogenated alkanes) is 1. The van der Waals surface area contributed by atoms with E-state index in [4.69, 9.17) is 24.9 Å². The normalized spacial score (nSPS) is 22.5. The largest absolute Gasteiger partial charge is 0.393 e. The summed E-state index contributed by atoms with van der Waals surface area (Å²) < 4.78 is 7.10. The topological polar surface area (TPSA) is 250 Å². The van der Waals surface area contributed by atoms with E-state index in [1.165, 1.54) is 29.5 Å². The van der Waals surface area contributed by atoms with Gasteiger partial charge in [-0.1, -0.05) is 105 Å². The van der Waals surface area contributed by atoms with Crippen molar-refractivity contribution in [1.29, 1.82) is 0 Å². The molecule has 0 unspecified atom stereocenters. The number of carbonyl (C=O) groups excluding carboxylic acids is 3. The average Bonchev–Trinajstić information content (AvgIpc) is 1.62. The highest BCUT2D eigenvalue weighted by Gasteiger charge is 2.38. The lowest BCUT2D eigenvalue weighted by molar-refractivity contribution is 0.0705. The second kappa shape index (κ2) is 37.0. The van der Waals surface area contributed by atoms with E-state index in [0.717, 1.165) is 289 Å². The Labute approximate surface area is 675 Å². The molecule has 3 aliphatic heterocycles. The Hall–Kier alpha value is -8.79. The summed E-state index contributed by atoms with van der Waals surface area (Å²) in [6.07, 6.45) is 35.8. The van der Waals surface area contributed by atoms with Crippen LogP contribution in [0.25, 0.3) is 33.1 Å². The molecule has 0 bridgehead atoms. The molecular formula is C93H127N15O6. The Bertz CT molecular complexity index is 4720. The third-order valence-electron chi connectivity index (χ3n) is 26.3. The van der Waals surface area contributed by atoms with Crippen molar-refractivity contribution in [3.05, 3.63) is 159 Å². The number of nitrogens with one attached hydrogen (secondary N) is 3. The van der Waals surface area contributed by atoms with Crippen molar-refractivity contribution >= 4 is 68.7 Å². The summed E-state index contributed by atoms with van der Waals surface area (Å²) >= 11 is 0. The number of aryl methyl sites for hydroxylation is 6. The van der Waals surface area contributed by atoms with Crippen LogP contribution in [0.15, 0.2) is 91.8 Å². The fourth-order valence-electron chi connectivity index (χ4n) is 19.5. The predicted octanol–water partition coefficient (Wildman–Crippen LogP) is 17.9. The molecule has 4 aliphatic carbocycles. The van der Waals surface area contributed by atoms with Gasteiger partial charge in [-0.25, -0.2) is 15.0 Å². The number of hydrogen-bond donors (Lipinski definition) is 6. The third kappa shape index (κ3) is 19.3. The van der Waals surface area contributed by atoms with E-state index < -0.39 is 0 Å². The van der Waals surface area contributed by atoms with Crippen LogP contribution in [0, 0.1) is 53.4 Å². The number of aliphatic hydroxyl groups is 3. The van der Waals surface area contributed by atoms with E-state index in [1.807, 2.05) is 97.4 Å². The number of anilines is 3. The molecule has 0 spiro atoms. The fraction of sp³-hybridized carbons (Fsp3) is 0.581. The molecule has 9 aromatic rings. The molecule has 610 valence electrons. The second-order valence-electron chi connectivity index (χ2n) is 35.0. The molecular weight excluding hydrogens is 1420 g/mol. The number of likely N-dealkylation sites (tertiary alicyclic amines) is 3. The first-order valence-corrected chi connectivity index (χ1v) is 43.7. The quantitative estimate of drug-likeness (QED) is 0.0366. The van der Waals surface area contributed by atoms with Gasteiger partial charge in [0.1, 0.15) is 16.9 Å². The Balaban J connectivity index is 0.000000142. The van der Waals surface area contributed by atoms with Gasteiger partial charge >= 0.3 is 0 Å². The van der Waals surface area contributed by atoms with Crippen molar-refractivity contribution in [2.24, 2.45) is 11.8 Å². The number of aromatic nitrogens is 9. The van der Waals surface area contributed by atoms with Crippen LogP contribution in [0.4, 0.5) is 17.8 Å². The number of benzene rings is 3. The molecule has 16 rings (SSSR count). The predicted molar refractivity (Wildman–Crippen MR) is 456 cm³/mol. The van der Waals surface area contributed by atoms with Gasteiger partial charge in [0.2, 0.25) is 17.8 Å². The van der Waals surface area contributed by atoms with Crippen LogP contribution in [0.5, 0.6) is 0 Å². The van der Waals surface area contributed by atoms with Crippen molar-refractivity contribution < 1.29 is 29.7 Å². The van der Waals surface area contributed by atoms with Gasteiger partial charge in [0.05, 0.1) is 18.3 Å². The fourth-order valence-corrected chi connectivity index (χ4v) is 19.5. The number of hydrogen-bond acceptors (Lipinski definition) is 15. The summed E-state index contributed by atoms with van der Waals surface area (Å²) in [7, 11) is 0. The van der Waals surface area contributed by atoms with Crippen LogP contribution in [-0.2, 0) is 0 Å². The molecule has 4 saturated carbocycles. The number of piperidine rings is 3. The summed E-state index contributed by atoms with van der Waals surface area (Å²) in [6.45, 7) is 27.5. The molecule has 3 aromatic carbocycles. The molecule has 9 heterocycles. The first-order chi connectivity index (χ1) is 55.2. The van der Waals surface area contributed by atoms with Crippen LogP contribution in [-0.4, -0.2) is 168 Å². The van der Waals surface area contributed by atoms with Crippen LogP contribution < -0.4 is 16.0 Å². The maximum Gasteiger partial charge on any atom is 0.253 e. The monoisotopic (exact) mass is 1550 g/mol. The van der Waals surface area contributed by atoms with Gasteiger partial charge in [0.15, 0.2) is 0 Å². The molecule has 21 nitrogen and oxygen atoms in total. The Kier molecular flexibility index (Phi) is 26.5. The minimum atomic E-state index is -0.187.